The lowest BCUT2D eigenvalue weighted by Crippen LogP contribution is -2.57. The summed E-state index contributed by atoms with van der Waals surface area (Å²) in [4.78, 5) is 11.8. The predicted octanol–water partition coefficient (Wildman–Crippen LogP) is 2.31. The average molecular weight is 297 g/mol. The monoisotopic (exact) mass is 297 g/mol. The van der Waals surface area contributed by atoms with Crippen LogP contribution in [0, 0.1) is 17.2 Å². The van der Waals surface area contributed by atoms with Gasteiger partial charge in [-0.05, 0) is 18.3 Å². The Kier molecular flexibility index (Phi) is 7.72. The second kappa shape index (κ2) is 9.03. The summed E-state index contributed by atoms with van der Waals surface area (Å²) in [5.74, 6) is 1.16. The quantitative estimate of drug-likeness (QED) is 0.365. The maximum Gasteiger partial charge on any atom is 0.188 e. The summed E-state index contributed by atoms with van der Waals surface area (Å²) in [7, 11) is 1.68. The maximum absolute atomic E-state index is 11.8. The fraction of sp³-hybridized carbons (Fsp3) is 0.875. The van der Waals surface area contributed by atoms with Crippen molar-refractivity contribution in [3.8, 4) is 0 Å². The van der Waals surface area contributed by atoms with Gasteiger partial charge in [-0.25, -0.2) is 0 Å². The van der Waals surface area contributed by atoms with E-state index in [-0.39, 0.29) is 5.96 Å². The molecule has 0 aromatic rings. The number of carbonyl (C=O) groups is 1. The van der Waals surface area contributed by atoms with Gasteiger partial charge in [-0.1, -0.05) is 46.0 Å². The molecule has 0 aromatic carbocycles. The molecule has 1 unspecified atom stereocenters. The van der Waals surface area contributed by atoms with Gasteiger partial charge in [0.2, 0.25) is 0 Å². The average Bonchev–Trinajstić information content (AvgIpc) is 2.47. The van der Waals surface area contributed by atoms with Crippen LogP contribution in [0.25, 0.3) is 0 Å². The Bertz CT molecular complexity index is 327. The first kappa shape index (κ1) is 18.0. The summed E-state index contributed by atoms with van der Waals surface area (Å²) < 4.78 is 5.72. The van der Waals surface area contributed by atoms with Crippen molar-refractivity contribution in [3.05, 3.63) is 0 Å². The Balaban J connectivity index is 2.68. The molecule has 5 heteroatoms. The van der Waals surface area contributed by atoms with Crippen molar-refractivity contribution in [1.82, 2.24) is 10.6 Å². The molecule has 1 atom stereocenters. The summed E-state index contributed by atoms with van der Waals surface area (Å²) in [5.41, 5.74) is -0.781. The topological polar surface area (TPSA) is 74.2 Å². The van der Waals surface area contributed by atoms with Gasteiger partial charge in [0, 0.05) is 13.7 Å². The molecular weight excluding hydrogens is 266 g/mol. The van der Waals surface area contributed by atoms with Crippen molar-refractivity contribution < 1.29 is 9.53 Å². The van der Waals surface area contributed by atoms with E-state index in [9.17, 15) is 4.79 Å². The van der Waals surface area contributed by atoms with E-state index in [1.807, 2.05) is 0 Å². The Morgan fingerprint density at radius 2 is 2.05 bits per heavy atom. The van der Waals surface area contributed by atoms with Crippen molar-refractivity contribution in [2.45, 2.75) is 57.9 Å². The van der Waals surface area contributed by atoms with E-state index in [4.69, 9.17) is 10.1 Å². The minimum Gasteiger partial charge on any atom is -0.378 e. The van der Waals surface area contributed by atoms with Crippen LogP contribution in [0.1, 0.15) is 52.4 Å². The first-order valence-electron chi connectivity index (χ1n) is 8.10. The molecule has 5 nitrogen and oxygen atoms in total. The van der Waals surface area contributed by atoms with Crippen molar-refractivity contribution in [1.29, 1.82) is 5.41 Å². The first-order valence-corrected chi connectivity index (χ1v) is 8.10. The van der Waals surface area contributed by atoms with Gasteiger partial charge < -0.3 is 20.2 Å². The number of hydrogen-bond acceptors (Lipinski definition) is 3. The molecule has 0 saturated heterocycles. The molecule has 1 saturated carbocycles. The number of guanidine groups is 1. The Morgan fingerprint density at radius 1 is 1.38 bits per heavy atom. The maximum atomic E-state index is 11.8. The summed E-state index contributed by atoms with van der Waals surface area (Å²) >= 11 is 0. The lowest BCUT2D eigenvalue weighted by Gasteiger charge is -2.35. The molecule has 0 aromatic heterocycles. The molecular formula is C16H31N3O2. The number of aldehydes is 1. The summed E-state index contributed by atoms with van der Waals surface area (Å²) in [5, 5.41) is 13.6. The van der Waals surface area contributed by atoms with E-state index < -0.39 is 5.54 Å². The molecule has 3 N–H and O–H groups in total. The molecule has 1 aliphatic rings. The van der Waals surface area contributed by atoms with E-state index in [0.717, 1.165) is 12.7 Å². The van der Waals surface area contributed by atoms with Crippen molar-refractivity contribution >= 4 is 12.2 Å². The van der Waals surface area contributed by atoms with Crippen LogP contribution >= 0.6 is 0 Å². The third-order valence-corrected chi connectivity index (χ3v) is 4.04. The SMILES string of the molecule is CNC(=N)NC(C=O)(COCC(C)C)CC1CCCCC1. The molecule has 1 fully saturated rings. The van der Waals surface area contributed by atoms with Gasteiger partial charge in [-0.3, -0.25) is 5.41 Å². The molecule has 122 valence electrons. The lowest BCUT2D eigenvalue weighted by atomic mass is 9.80. The van der Waals surface area contributed by atoms with Gasteiger partial charge in [0.05, 0.1) is 6.61 Å². The molecule has 1 aliphatic carbocycles. The minimum atomic E-state index is -0.781. The molecule has 0 radical (unpaired) electrons. The van der Waals surface area contributed by atoms with E-state index in [1.165, 1.54) is 32.1 Å². The summed E-state index contributed by atoms with van der Waals surface area (Å²) in [6.07, 6.45) is 7.83. The Hall–Kier alpha value is -1.10. The first-order chi connectivity index (χ1) is 10.0. The Morgan fingerprint density at radius 3 is 2.57 bits per heavy atom. The molecule has 21 heavy (non-hydrogen) atoms. The van der Waals surface area contributed by atoms with Crippen LogP contribution in [-0.4, -0.2) is 38.0 Å². The normalized spacial score (nSPS) is 19.0. The molecule has 0 spiro atoms. The number of rotatable bonds is 8. The highest BCUT2D eigenvalue weighted by Gasteiger charge is 2.34. The van der Waals surface area contributed by atoms with Gasteiger partial charge in [-0.15, -0.1) is 0 Å². The van der Waals surface area contributed by atoms with Gasteiger partial charge in [-0.2, -0.15) is 0 Å². The minimum absolute atomic E-state index is 0.172. The molecule has 0 aliphatic heterocycles. The largest absolute Gasteiger partial charge is 0.378 e. The fourth-order valence-electron chi connectivity index (χ4n) is 2.95. The molecule has 0 heterocycles. The lowest BCUT2D eigenvalue weighted by molar-refractivity contribution is -0.116. The highest BCUT2D eigenvalue weighted by atomic mass is 16.5. The van der Waals surface area contributed by atoms with Gasteiger partial charge in [0.1, 0.15) is 11.8 Å². The number of carbonyl (C=O) groups excluding carboxylic acids is 1. The van der Waals surface area contributed by atoms with Crippen LogP contribution < -0.4 is 10.6 Å². The van der Waals surface area contributed by atoms with Crippen LogP contribution in [0.5, 0.6) is 0 Å². The molecule has 1 rings (SSSR count). The van der Waals surface area contributed by atoms with Crippen molar-refractivity contribution in [3.63, 3.8) is 0 Å². The van der Waals surface area contributed by atoms with Gasteiger partial charge in [0.15, 0.2) is 5.96 Å². The third-order valence-electron chi connectivity index (χ3n) is 4.04. The summed E-state index contributed by atoms with van der Waals surface area (Å²) in [6, 6.07) is 0. The van der Waals surface area contributed by atoms with Crippen molar-refractivity contribution in [2.24, 2.45) is 11.8 Å². The standard InChI is InChI=1S/C16H31N3O2/c1-13(2)10-21-12-16(11-20,19-15(17)18-3)9-14-7-5-4-6-8-14/h11,13-14H,4-10,12H2,1-3H3,(H3,17,18,19). The van der Waals surface area contributed by atoms with E-state index >= 15 is 0 Å². The number of nitrogens with one attached hydrogen (secondary N) is 3. The second-order valence-corrected chi connectivity index (χ2v) is 6.64. The number of ether oxygens (including phenoxy) is 1. The smallest absolute Gasteiger partial charge is 0.188 e. The van der Waals surface area contributed by atoms with Crippen LogP contribution in [0.2, 0.25) is 0 Å². The molecule has 0 amide bonds. The van der Waals surface area contributed by atoms with E-state index in [1.54, 1.807) is 7.05 Å². The van der Waals surface area contributed by atoms with Crippen LogP contribution in [-0.2, 0) is 9.53 Å². The zero-order valence-corrected chi connectivity index (χ0v) is 13.7. The second-order valence-electron chi connectivity index (χ2n) is 6.64. The predicted molar refractivity (Wildman–Crippen MR) is 85.6 cm³/mol. The van der Waals surface area contributed by atoms with E-state index in [2.05, 4.69) is 24.5 Å². The van der Waals surface area contributed by atoms with Crippen LogP contribution in [0.15, 0.2) is 0 Å². The van der Waals surface area contributed by atoms with Gasteiger partial charge >= 0.3 is 0 Å². The fourth-order valence-corrected chi connectivity index (χ4v) is 2.95. The van der Waals surface area contributed by atoms with Gasteiger partial charge in [0.25, 0.3) is 0 Å². The highest BCUT2D eigenvalue weighted by molar-refractivity contribution is 5.82. The van der Waals surface area contributed by atoms with Crippen LogP contribution in [0.3, 0.4) is 0 Å². The highest BCUT2D eigenvalue weighted by Crippen LogP contribution is 2.30. The van der Waals surface area contributed by atoms with E-state index in [0.29, 0.717) is 25.0 Å². The third kappa shape index (κ3) is 6.46. The summed E-state index contributed by atoms with van der Waals surface area (Å²) in [6.45, 7) is 5.14. The van der Waals surface area contributed by atoms with Crippen LogP contribution in [0.4, 0.5) is 0 Å². The molecule has 0 bridgehead atoms. The Labute approximate surface area is 128 Å². The zero-order chi connectivity index (χ0) is 15.7. The zero-order valence-electron chi connectivity index (χ0n) is 13.7. The number of hydrogen-bond donors (Lipinski definition) is 3. The van der Waals surface area contributed by atoms with Crippen molar-refractivity contribution in [2.75, 3.05) is 20.3 Å².